The van der Waals surface area contributed by atoms with Gasteiger partial charge in [0.15, 0.2) is 11.7 Å². The van der Waals surface area contributed by atoms with Crippen LogP contribution in [0.5, 0.6) is 5.75 Å². The Kier molecular flexibility index (Phi) is 5.10. The molecule has 0 aliphatic rings. The van der Waals surface area contributed by atoms with E-state index in [1.165, 1.54) is 18.2 Å². The molecule has 0 saturated heterocycles. The van der Waals surface area contributed by atoms with E-state index in [0.717, 1.165) is 11.3 Å². The summed E-state index contributed by atoms with van der Waals surface area (Å²) in [4.78, 5) is 16.1. The molecule has 0 unspecified atom stereocenters. The summed E-state index contributed by atoms with van der Waals surface area (Å²) >= 11 is 1.14. The number of amides is 1. The highest BCUT2D eigenvalue weighted by atomic mass is 32.1. The van der Waals surface area contributed by atoms with E-state index in [1.54, 1.807) is 0 Å². The van der Waals surface area contributed by atoms with Crippen molar-refractivity contribution in [2.45, 2.75) is 26.1 Å². The molecule has 5 nitrogen and oxygen atoms in total. The zero-order chi connectivity index (χ0) is 17.2. The maximum Gasteiger partial charge on any atom is 0.422 e. The molecule has 0 fully saturated rings. The van der Waals surface area contributed by atoms with Crippen LogP contribution in [0.15, 0.2) is 18.2 Å². The number of nitrogens with two attached hydrogens (primary N) is 1. The smallest absolute Gasteiger partial charge is 0.422 e. The standard InChI is InChI=1S/C14H16F3N3O2S/c1-7(2)11(18)12(21)20-13-19-9-4-3-8(5-10(9)23-13)22-6-14(15,16)17/h3-5,7,11H,6,18H2,1-2H3,(H,19,20,21)/t11-/m0/s1. The number of hydrogen-bond acceptors (Lipinski definition) is 5. The van der Waals surface area contributed by atoms with E-state index in [1.807, 2.05) is 13.8 Å². The Morgan fingerprint density at radius 1 is 1.43 bits per heavy atom. The van der Waals surface area contributed by atoms with Crippen molar-refractivity contribution in [3.63, 3.8) is 0 Å². The number of halogens is 3. The van der Waals surface area contributed by atoms with Gasteiger partial charge in [0, 0.05) is 0 Å². The van der Waals surface area contributed by atoms with Gasteiger partial charge in [-0.05, 0) is 24.1 Å². The Morgan fingerprint density at radius 3 is 2.74 bits per heavy atom. The molecule has 0 spiro atoms. The van der Waals surface area contributed by atoms with Gasteiger partial charge in [-0.15, -0.1) is 0 Å². The van der Waals surface area contributed by atoms with Crippen molar-refractivity contribution >= 4 is 32.6 Å². The number of fused-ring (bicyclic) bond motifs is 1. The molecule has 0 aliphatic heterocycles. The van der Waals surface area contributed by atoms with Gasteiger partial charge in [0.2, 0.25) is 5.91 Å². The molecule has 9 heteroatoms. The van der Waals surface area contributed by atoms with Crippen molar-refractivity contribution < 1.29 is 22.7 Å². The Bertz CT molecular complexity index is 700. The Morgan fingerprint density at radius 2 is 2.13 bits per heavy atom. The van der Waals surface area contributed by atoms with E-state index in [-0.39, 0.29) is 17.6 Å². The van der Waals surface area contributed by atoms with Crippen LogP contribution in [0.2, 0.25) is 0 Å². The molecule has 1 atom stereocenters. The Labute approximate surface area is 134 Å². The number of alkyl halides is 3. The summed E-state index contributed by atoms with van der Waals surface area (Å²) in [6, 6.07) is 3.73. The topological polar surface area (TPSA) is 77.2 Å². The van der Waals surface area contributed by atoms with Crippen LogP contribution in [0.25, 0.3) is 10.2 Å². The van der Waals surface area contributed by atoms with E-state index in [4.69, 9.17) is 5.73 Å². The third-order valence-corrected chi connectivity index (χ3v) is 3.95. The van der Waals surface area contributed by atoms with Crippen molar-refractivity contribution in [2.75, 3.05) is 11.9 Å². The summed E-state index contributed by atoms with van der Waals surface area (Å²) in [5.74, 6) is -0.283. The number of rotatable bonds is 5. The predicted molar refractivity (Wildman–Crippen MR) is 82.6 cm³/mol. The normalized spacial score (nSPS) is 13.3. The average molecular weight is 347 g/mol. The number of ether oxygens (including phenoxy) is 1. The molecule has 0 saturated carbocycles. The fraction of sp³-hybridized carbons (Fsp3) is 0.429. The summed E-state index contributed by atoms with van der Waals surface area (Å²) in [7, 11) is 0. The summed E-state index contributed by atoms with van der Waals surface area (Å²) < 4.78 is 41.7. The summed E-state index contributed by atoms with van der Waals surface area (Å²) in [6.45, 7) is 2.30. The zero-order valence-electron chi connectivity index (χ0n) is 12.5. The first-order chi connectivity index (χ1) is 10.7. The molecular weight excluding hydrogens is 331 g/mol. The number of nitrogens with zero attached hydrogens (tertiary/aromatic N) is 1. The van der Waals surface area contributed by atoms with Crippen molar-refractivity contribution in [2.24, 2.45) is 11.7 Å². The molecule has 2 aromatic rings. The summed E-state index contributed by atoms with van der Waals surface area (Å²) in [5.41, 5.74) is 6.30. The molecule has 0 radical (unpaired) electrons. The van der Waals surface area contributed by atoms with Gasteiger partial charge in [-0.3, -0.25) is 4.79 Å². The van der Waals surface area contributed by atoms with Crippen LogP contribution in [0, 0.1) is 5.92 Å². The van der Waals surface area contributed by atoms with Crippen LogP contribution in [0.1, 0.15) is 13.8 Å². The van der Waals surface area contributed by atoms with Gasteiger partial charge in [-0.2, -0.15) is 13.2 Å². The molecule has 1 aromatic carbocycles. The lowest BCUT2D eigenvalue weighted by atomic mass is 10.1. The van der Waals surface area contributed by atoms with Crippen molar-refractivity contribution in [1.82, 2.24) is 4.98 Å². The van der Waals surface area contributed by atoms with Crippen LogP contribution in [-0.4, -0.2) is 29.7 Å². The number of aromatic nitrogens is 1. The maximum atomic E-state index is 12.1. The number of thiazole rings is 1. The lowest BCUT2D eigenvalue weighted by Gasteiger charge is -2.13. The zero-order valence-corrected chi connectivity index (χ0v) is 13.3. The van der Waals surface area contributed by atoms with Crippen molar-refractivity contribution in [3.8, 4) is 5.75 Å². The van der Waals surface area contributed by atoms with Gasteiger partial charge in [-0.25, -0.2) is 4.98 Å². The van der Waals surface area contributed by atoms with Crippen LogP contribution >= 0.6 is 11.3 Å². The molecule has 0 bridgehead atoms. The van der Waals surface area contributed by atoms with E-state index in [9.17, 15) is 18.0 Å². The summed E-state index contributed by atoms with van der Waals surface area (Å²) in [5, 5.41) is 2.95. The number of benzene rings is 1. The van der Waals surface area contributed by atoms with Gasteiger partial charge in [0.1, 0.15) is 5.75 Å². The highest BCUT2D eigenvalue weighted by molar-refractivity contribution is 7.22. The molecule has 3 N–H and O–H groups in total. The average Bonchev–Trinajstić information content (AvgIpc) is 2.84. The lowest BCUT2D eigenvalue weighted by Crippen LogP contribution is -2.39. The minimum Gasteiger partial charge on any atom is -0.484 e. The number of hydrogen-bond donors (Lipinski definition) is 2. The van der Waals surface area contributed by atoms with E-state index in [0.29, 0.717) is 15.3 Å². The second-order valence-electron chi connectivity index (χ2n) is 5.31. The third-order valence-electron chi connectivity index (χ3n) is 3.01. The molecule has 23 heavy (non-hydrogen) atoms. The monoisotopic (exact) mass is 347 g/mol. The van der Waals surface area contributed by atoms with Gasteiger partial charge >= 0.3 is 6.18 Å². The molecule has 0 aliphatic carbocycles. The second-order valence-corrected chi connectivity index (χ2v) is 6.34. The molecule has 2 rings (SSSR count). The molecule has 1 amide bonds. The van der Waals surface area contributed by atoms with Crippen molar-refractivity contribution in [3.05, 3.63) is 18.2 Å². The third kappa shape index (κ3) is 4.80. The lowest BCUT2D eigenvalue weighted by molar-refractivity contribution is -0.153. The van der Waals surface area contributed by atoms with Crippen LogP contribution < -0.4 is 15.8 Å². The Balaban J connectivity index is 2.11. The largest absolute Gasteiger partial charge is 0.484 e. The number of carbonyl (C=O) groups is 1. The fourth-order valence-electron chi connectivity index (χ4n) is 1.70. The first kappa shape index (κ1) is 17.5. The van der Waals surface area contributed by atoms with E-state index >= 15 is 0 Å². The minimum atomic E-state index is -4.39. The molecular formula is C14H16F3N3O2S. The first-order valence-corrected chi connectivity index (χ1v) is 7.64. The molecule has 1 aromatic heterocycles. The molecule has 1 heterocycles. The predicted octanol–water partition coefficient (Wildman–Crippen LogP) is 3.16. The SMILES string of the molecule is CC(C)[C@H](N)C(=O)Nc1nc2ccc(OCC(F)(F)F)cc2s1. The minimum absolute atomic E-state index is 0.0215. The molecule has 126 valence electrons. The van der Waals surface area contributed by atoms with E-state index in [2.05, 4.69) is 15.0 Å². The first-order valence-electron chi connectivity index (χ1n) is 6.82. The van der Waals surface area contributed by atoms with Crippen LogP contribution in [-0.2, 0) is 4.79 Å². The van der Waals surface area contributed by atoms with Gasteiger partial charge in [0.05, 0.1) is 16.3 Å². The van der Waals surface area contributed by atoms with Gasteiger partial charge in [0.25, 0.3) is 0 Å². The fourth-order valence-corrected chi connectivity index (χ4v) is 2.60. The maximum absolute atomic E-state index is 12.1. The van der Waals surface area contributed by atoms with Gasteiger partial charge < -0.3 is 15.8 Å². The number of nitrogens with one attached hydrogen (secondary N) is 1. The highest BCUT2D eigenvalue weighted by Gasteiger charge is 2.28. The van der Waals surface area contributed by atoms with E-state index < -0.39 is 18.8 Å². The number of anilines is 1. The summed E-state index contributed by atoms with van der Waals surface area (Å²) in [6.07, 6.45) is -4.39. The number of carbonyl (C=O) groups excluding carboxylic acids is 1. The van der Waals surface area contributed by atoms with Crippen molar-refractivity contribution in [1.29, 1.82) is 0 Å². The quantitative estimate of drug-likeness (QED) is 0.871. The van der Waals surface area contributed by atoms with Crippen LogP contribution in [0.4, 0.5) is 18.3 Å². The highest BCUT2D eigenvalue weighted by Crippen LogP contribution is 2.30. The Hall–Kier alpha value is -1.87. The van der Waals surface area contributed by atoms with Gasteiger partial charge in [-0.1, -0.05) is 25.2 Å². The second kappa shape index (κ2) is 6.71. The van der Waals surface area contributed by atoms with Crippen LogP contribution in [0.3, 0.4) is 0 Å².